The van der Waals surface area contributed by atoms with Gasteiger partial charge in [0, 0.05) is 23.2 Å². The second-order valence-electron chi connectivity index (χ2n) is 6.56. The van der Waals surface area contributed by atoms with E-state index >= 15 is 0 Å². The van der Waals surface area contributed by atoms with E-state index in [1.54, 1.807) is 0 Å². The van der Waals surface area contributed by atoms with Gasteiger partial charge < -0.3 is 5.32 Å². The van der Waals surface area contributed by atoms with Crippen LogP contribution in [0.1, 0.15) is 26.7 Å². The maximum atomic E-state index is 12.2. The first kappa shape index (κ1) is 14.3. The van der Waals surface area contributed by atoms with Gasteiger partial charge in [-0.15, -0.1) is 0 Å². The summed E-state index contributed by atoms with van der Waals surface area (Å²) in [5, 5.41) is 14.9. The van der Waals surface area contributed by atoms with Crippen LogP contribution in [-0.2, 0) is 4.79 Å². The molecular formula is C19H18N2O. The highest BCUT2D eigenvalue weighted by Gasteiger charge is 2.33. The summed E-state index contributed by atoms with van der Waals surface area (Å²) in [6.45, 7) is 4.12. The summed E-state index contributed by atoms with van der Waals surface area (Å²) < 4.78 is 0. The quantitative estimate of drug-likeness (QED) is 0.890. The van der Waals surface area contributed by atoms with E-state index in [9.17, 15) is 10.1 Å². The molecule has 3 nitrogen and oxygen atoms in total. The summed E-state index contributed by atoms with van der Waals surface area (Å²) in [7, 11) is 0. The zero-order chi connectivity index (χ0) is 15.7. The molecule has 2 aromatic carbocycles. The fourth-order valence-corrected chi connectivity index (χ4v) is 3.05. The molecule has 1 aliphatic rings. The summed E-state index contributed by atoms with van der Waals surface area (Å²) in [6.07, 6.45) is 1.13. The molecule has 0 atom stereocenters. The smallest absolute Gasteiger partial charge is 0.175 e. The summed E-state index contributed by atoms with van der Waals surface area (Å²) in [5.74, 6) is -0.0681. The number of carbonyl (C=O) groups is 1. The molecule has 0 saturated heterocycles. The number of ketones is 1. The van der Waals surface area contributed by atoms with Crippen molar-refractivity contribution in [2.75, 3.05) is 5.32 Å². The Labute approximate surface area is 130 Å². The van der Waals surface area contributed by atoms with E-state index in [2.05, 4.69) is 37.4 Å². The molecule has 0 aliphatic heterocycles. The zero-order valence-corrected chi connectivity index (χ0v) is 12.8. The maximum Gasteiger partial charge on any atom is 0.175 e. The van der Waals surface area contributed by atoms with Crippen molar-refractivity contribution in [3.63, 3.8) is 0 Å². The number of anilines is 1. The van der Waals surface area contributed by atoms with Crippen LogP contribution < -0.4 is 5.32 Å². The molecule has 0 spiro atoms. The molecule has 0 amide bonds. The predicted molar refractivity (Wildman–Crippen MR) is 88.2 cm³/mol. The van der Waals surface area contributed by atoms with Crippen LogP contribution in [0.2, 0.25) is 0 Å². The van der Waals surface area contributed by atoms with Gasteiger partial charge in [-0.2, -0.15) is 5.26 Å². The molecule has 1 N–H and O–H groups in total. The highest BCUT2D eigenvalue weighted by molar-refractivity contribution is 6.02. The van der Waals surface area contributed by atoms with E-state index in [1.165, 1.54) is 0 Å². The fourth-order valence-electron chi connectivity index (χ4n) is 3.05. The van der Waals surface area contributed by atoms with E-state index in [1.807, 2.05) is 30.3 Å². The minimum Gasteiger partial charge on any atom is -0.357 e. The number of hydrogen-bond donors (Lipinski definition) is 1. The average Bonchev–Trinajstić information content (AvgIpc) is 2.46. The molecule has 3 rings (SSSR count). The van der Waals surface area contributed by atoms with E-state index < -0.39 is 0 Å². The van der Waals surface area contributed by atoms with Crippen LogP contribution in [0, 0.1) is 16.7 Å². The number of rotatable bonds is 2. The average molecular weight is 290 g/mol. The van der Waals surface area contributed by atoms with Crippen molar-refractivity contribution < 1.29 is 4.79 Å². The number of benzene rings is 2. The van der Waals surface area contributed by atoms with Gasteiger partial charge in [-0.05, 0) is 23.3 Å². The third-order valence-electron chi connectivity index (χ3n) is 4.06. The van der Waals surface area contributed by atoms with Gasteiger partial charge in [-0.25, -0.2) is 0 Å². The second-order valence-corrected chi connectivity index (χ2v) is 6.56. The summed E-state index contributed by atoms with van der Waals surface area (Å²) >= 11 is 0. The molecule has 0 heterocycles. The van der Waals surface area contributed by atoms with Gasteiger partial charge in [-0.3, -0.25) is 4.79 Å². The molecule has 22 heavy (non-hydrogen) atoms. The number of Topliss-reactive ketones (excluding diaryl/α,β-unsaturated/α-hetero) is 1. The Morgan fingerprint density at radius 1 is 1.09 bits per heavy atom. The lowest BCUT2D eigenvalue weighted by molar-refractivity contribution is -0.117. The molecule has 1 aliphatic carbocycles. The van der Waals surface area contributed by atoms with E-state index in [0.717, 1.165) is 22.2 Å². The molecule has 3 heteroatoms. The highest BCUT2D eigenvalue weighted by atomic mass is 16.1. The number of nitriles is 1. The third-order valence-corrected chi connectivity index (χ3v) is 4.06. The lowest BCUT2D eigenvalue weighted by atomic mass is 9.76. The van der Waals surface area contributed by atoms with Crippen LogP contribution in [0.15, 0.2) is 53.7 Å². The van der Waals surface area contributed by atoms with Crippen molar-refractivity contribution in [1.82, 2.24) is 0 Å². The Bertz CT molecular complexity index is 819. The first-order chi connectivity index (χ1) is 10.5. The number of fused-ring (bicyclic) bond motifs is 1. The van der Waals surface area contributed by atoms with Crippen molar-refractivity contribution in [2.24, 2.45) is 5.41 Å². The monoisotopic (exact) mass is 290 g/mol. The number of carbonyl (C=O) groups excluding carboxylic acids is 1. The Morgan fingerprint density at radius 2 is 1.82 bits per heavy atom. The second kappa shape index (κ2) is 5.31. The molecule has 0 bridgehead atoms. The largest absolute Gasteiger partial charge is 0.357 e. The Hall–Kier alpha value is -2.60. The van der Waals surface area contributed by atoms with E-state index in [0.29, 0.717) is 12.8 Å². The normalized spacial score (nSPS) is 17.4. The first-order valence-corrected chi connectivity index (χ1v) is 7.41. The Kier molecular flexibility index (Phi) is 3.46. The van der Waals surface area contributed by atoms with Gasteiger partial charge in [-0.1, -0.05) is 50.2 Å². The van der Waals surface area contributed by atoms with E-state index in [4.69, 9.17) is 0 Å². The fraction of sp³-hybridized carbons (Fsp3) is 0.263. The van der Waals surface area contributed by atoms with Gasteiger partial charge in [0.25, 0.3) is 0 Å². The lowest BCUT2D eigenvalue weighted by Crippen LogP contribution is -2.28. The van der Waals surface area contributed by atoms with Crippen LogP contribution in [-0.4, -0.2) is 5.78 Å². The molecule has 0 saturated carbocycles. The molecule has 0 radical (unpaired) electrons. The predicted octanol–water partition coefficient (Wildman–Crippen LogP) is 4.42. The molecular weight excluding hydrogens is 272 g/mol. The number of nitrogens with one attached hydrogen (secondary N) is 1. The topological polar surface area (TPSA) is 52.9 Å². The van der Waals surface area contributed by atoms with Crippen molar-refractivity contribution in [3.8, 4) is 6.07 Å². The summed E-state index contributed by atoms with van der Waals surface area (Å²) in [5.41, 5.74) is 1.82. The van der Waals surface area contributed by atoms with Crippen LogP contribution in [0.4, 0.5) is 5.69 Å². The maximum absolute atomic E-state index is 12.2. The molecule has 0 fully saturated rings. The number of nitrogens with zero attached hydrogens (tertiary/aromatic N) is 1. The van der Waals surface area contributed by atoms with Gasteiger partial charge >= 0.3 is 0 Å². The van der Waals surface area contributed by atoms with Crippen molar-refractivity contribution >= 4 is 22.2 Å². The van der Waals surface area contributed by atoms with Gasteiger partial charge in [0.05, 0.1) is 0 Å². The Morgan fingerprint density at radius 3 is 2.59 bits per heavy atom. The number of allylic oxidation sites excluding steroid dienone is 2. The van der Waals surface area contributed by atoms with E-state index in [-0.39, 0.29) is 16.8 Å². The summed E-state index contributed by atoms with van der Waals surface area (Å²) in [4.78, 5) is 12.2. The van der Waals surface area contributed by atoms with Crippen molar-refractivity contribution in [1.29, 1.82) is 5.26 Å². The molecule has 110 valence electrons. The molecule has 2 aromatic rings. The zero-order valence-electron chi connectivity index (χ0n) is 12.8. The van der Waals surface area contributed by atoms with Gasteiger partial charge in [0.15, 0.2) is 5.78 Å². The van der Waals surface area contributed by atoms with Crippen LogP contribution >= 0.6 is 0 Å². The number of hydrogen-bond acceptors (Lipinski definition) is 3. The van der Waals surface area contributed by atoms with Gasteiger partial charge in [0.1, 0.15) is 11.6 Å². The third kappa shape index (κ3) is 2.60. The van der Waals surface area contributed by atoms with Crippen molar-refractivity contribution in [3.05, 3.63) is 53.7 Å². The van der Waals surface area contributed by atoms with Crippen LogP contribution in [0.5, 0.6) is 0 Å². The van der Waals surface area contributed by atoms with Crippen LogP contribution in [0.3, 0.4) is 0 Å². The molecule has 0 unspecified atom stereocenters. The highest BCUT2D eigenvalue weighted by Crippen LogP contribution is 2.37. The standard InChI is InChI=1S/C19H18N2O/c1-19(2)10-17(15(12-20)18(22)11-19)21-16-9-5-7-13-6-3-4-8-14(13)16/h3-9,21H,10-11H2,1-2H3. The molecule has 0 aromatic heterocycles. The Balaban J connectivity index is 2.07. The van der Waals surface area contributed by atoms with Crippen molar-refractivity contribution in [2.45, 2.75) is 26.7 Å². The first-order valence-electron chi connectivity index (χ1n) is 7.41. The SMILES string of the molecule is CC1(C)CC(=O)C(C#N)=C(Nc2cccc3ccccc23)C1. The van der Waals surface area contributed by atoms with Crippen LogP contribution in [0.25, 0.3) is 10.8 Å². The minimum atomic E-state index is -0.121. The summed E-state index contributed by atoms with van der Waals surface area (Å²) in [6, 6.07) is 16.2. The lowest BCUT2D eigenvalue weighted by Gasteiger charge is -2.31. The van der Waals surface area contributed by atoms with Gasteiger partial charge in [0.2, 0.25) is 0 Å². The minimum absolute atomic E-state index is 0.0681.